The highest BCUT2D eigenvalue weighted by atomic mass is 35.5. The second-order valence-electron chi connectivity index (χ2n) is 5.22. The van der Waals surface area contributed by atoms with Crippen molar-refractivity contribution < 1.29 is 4.39 Å². The molecule has 0 fully saturated rings. The van der Waals surface area contributed by atoms with Crippen LogP contribution in [-0.4, -0.2) is 6.54 Å². The van der Waals surface area contributed by atoms with E-state index in [9.17, 15) is 4.39 Å². The number of aryl methyl sites for hydroxylation is 1. The molecule has 0 saturated heterocycles. The molecule has 1 aliphatic carbocycles. The van der Waals surface area contributed by atoms with E-state index in [0.29, 0.717) is 11.1 Å². The van der Waals surface area contributed by atoms with Crippen LogP contribution < -0.4 is 5.32 Å². The standard InChI is InChI=1S/C17H17ClFN/c1-2-20-17-6-4-12-7-11(3-5-16(12)17)13-8-14(18)10-15(19)9-13/h3,5,7-10,17,20H,2,4,6H2,1H3. The molecule has 0 bridgehead atoms. The van der Waals surface area contributed by atoms with Crippen molar-refractivity contribution in [1.82, 2.24) is 5.32 Å². The van der Waals surface area contributed by atoms with Gasteiger partial charge in [-0.2, -0.15) is 0 Å². The van der Waals surface area contributed by atoms with Crippen molar-refractivity contribution in [3.05, 3.63) is 58.4 Å². The van der Waals surface area contributed by atoms with E-state index >= 15 is 0 Å². The van der Waals surface area contributed by atoms with Crippen LogP contribution >= 0.6 is 11.6 Å². The molecule has 1 nitrogen and oxygen atoms in total. The average molecular weight is 290 g/mol. The lowest BCUT2D eigenvalue weighted by Gasteiger charge is -2.13. The van der Waals surface area contributed by atoms with Crippen molar-refractivity contribution in [3.8, 4) is 11.1 Å². The monoisotopic (exact) mass is 289 g/mol. The molecule has 0 heterocycles. The maximum Gasteiger partial charge on any atom is 0.125 e. The lowest BCUT2D eigenvalue weighted by molar-refractivity contribution is 0.549. The lowest BCUT2D eigenvalue weighted by atomic mass is 9.99. The van der Waals surface area contributed by atoms with Crippen LogP contribution in [0.2, 0.25) is 5.02 Å². The van der Waals surface area contributed by atoms with Gasteiger partial charge >= 0.3 is 0 Å². The van der Waals surface area contributed by atoms with Crippen LogP contribution in [-0.2, 0) is 6.42 Å². The van der Waals surface area contributed by atoms with E-state index in [2.05, 4.69) is 30.4 Å². The largest absolute Gasteiger partial charge is 0.310 e. The van der Waals surface area contributed by atoms with Crippen molar-refractivity contribution >= 4 is 11.6 Å². The fourth-order valence-corrected chi connectivity index (χ4v) is 3.20. The summed E-state index contributed by atoms with van der Waals surface area (Å²) in [7, 11) is 0. The Bertz CT molecular complexity index is 619. The zero-order valence-electron chi connectivity index (χ0n) is 11.4. The van der Waals surface area contributed by atoms with Gasteiger partial charge < -0.3 is 5.32 Å². The number of fused-ring (bicyclic) bond motifs is 1. The van der Waals surface area contributed by atoms with Gasteiger partial charge in [0.15, 0.2) is 0 Å². The van der Waals surface area contributed by atoms with Crippen LogP contribution in [0.15, 0.2) is 36.4 Å². The molecular formula is C17H17ClFN. The Morgan fingerprint density at radius 3 is 2.80 bits per heavy atom. The Balaban J connectivity index is 1.97. The van der Waals surface area contributed by atoms with Gasteiger partial charge in [-0.25, -0.2) is 4.39 Å². The summed E-state index contributed by atoms with van der Waals surface area (Å²) < 4.78 is 13.5. The molecular weight excluding hydrogens is 273 g/mol. The molecule has 2 aromatic carbocycles. The smallest absolute Gasteiger partial charge is 0.125 e. The van der Waals surface area contributed by atoms with Crippen molar-refractivity contribution in [1.29, 1.82) is 0 Å². The van der Waals surface area contributed by atoms with Crippen molar-refractivity contribution in [2.75, 3.05) is 6.54 Å². The molecule has 20 heavy (non-hydrogen) atoms. The van der Waals surface area contributed by atoms with Gasteiger partial charge in [0.25, 0.3) is 0 Å². The van der Waals surface area contributed by atoms with Gasteiger partial charge in [0, 0.05) is 11.1 Å². The third-order valence-electron chi connectivity index (χ3n) is 3.87. The Labute approximate surface area is 123 Å². The molecule has 104 valence electrons. The Hall–Kier alpha value is -1.38. The predicted molar refractivity (Wildman–Crippen MR) is 81.6 cm³/mol. The molecule has 3 heteroatoms. The summed E-state index contributed by atoms with van der Waals surface area (Å²) in [5.74, 6) is -0.293. The second kappa shape index (κ2) is 5.55. The van der Waals surface area contributed by atoms with E-state index < -0.39 is 0 Å². The number of hydrogen-bond acceptors (Lipinski definition) is 1. The molecule has 2 aromatic rings. The highest BCUT2D eigenvalue weighted by Gasteiger charge is 2.21. The van der Waals surface area contributed by atoms with E-state index in [4.69, 9.17) is 11.6 Å². The SMILES string of the molecule is CCNC1CCc2cc(-c3cc(F)cc(Cl)c3)ccc21. The maximum atomic E-state index is 13.5. The number of rotatable bonds is 3. The lowest BCUT2D eigenvalue weighted by Crippen LogP contribution is -2.18. The van der Waals surface area contributed by atoms with E-state index in [1.807, 2.05) is 6.07 Å². The summed E-state index contributed by atoms with van der Waals surface area (Å²) >= 11 is 5.93. The van der Waals surface area contributed by atoms with E-state index in [1.165, 1.54) is 23.3 Å². The summed E-state index contributed by atoms with van der Waals surface area (Å²) in [5.41, 5.74) is 4.60. The number of halogens is 2. The van der Waals surface area contributed by atoms with Gasteiger partial charge in [-0.1, -0.05) is 36.7 Å². The molecule has 1 atom stereocenters. The quantitative estimate of drug-likeness (QED) is 0.860. The molecule has 0 aromatic heterocycles. The van der Waals surface area contributed by atoms with Gasteiger partial charge in [-0.3, -0.25) is 0 Å². The van der Waals surface area contributed by atoms with Crippen LogP contribution in [0.3, 0.4) is 0 Å². The van der Waals surface area contributed by atoms with Crippen molar-refractivity contribution in [3.63, 3.8) is 0 Å². The van der Waals surface area contributed by atoms with Crippen LogP contribution in [0.1, 0.15) is 30.5 Å². The minimum Gasteiger partial charge on any atom is -0.310 e. The van der Waals surface area contributed by atoms with Gasteiger partial charge in [0.2, 0.25) is 0 Å². The maximum absolute atomic E-state index is 13.5. The summed E-state index contributed by atoms with van der Waals surface area (Å²) in [6, 6.07) is 11.5. The highest BCUT2D eigenvalue weighted by molar-refractivity contribution is 6.30. The molecule has 1 N–H and O–H groups in total. The number of nitrogens with one attached hydrogen (secondary N) is 1. The first-order chi connectivity index (χ1) is 9.67. The topological polar surface area (TPSA) is 12.0 Å². The fraction of sp³-hybridized carbons (Fsp3) is 0.294. The Kier molecular flexibility index (Phi) is 3.77. The normalized spacial score (nSPS) is 17.2. The molecule has 0 amide bonds. The minimum atomic E-state index is -0.293. The van der Waals surface area contributed by atoms with Crippen LogP contribution in [0.25, 0.3) is 11.1 Å². The summed E-state index contributed by atoms with van der Waals surface area (Å²) in [6.45, 7) is 3.10. The van der Waals surface area contributed by atoms with Crippen LogP contribution in [0.4, 0.5) is 4.39 Å². The van der Waals surface area contributed by atoms with E-state index in [1.54, 1.807) is 0 Å². The Morgan fingerprint density at radius 1 is 1.20 bits per heavy atom. The second-order valence-corrected chi connectivity index (χ2v) is 5.66. The zero-order chi connectivity index (χ0) is 14.1. The predicted octanol–water partition coefficient (Wildman–Crippen LogP) is 4.74. The third kappa shape index (κ3) is 2.58. The first-order valence-electron chi connectivity index (χ1n) is 7.00. The van der Waals surface area contributed by atoms with Crippen LogP contribution in [0, 0.1) is 5.82 Å². The van der Waals surface area contributed by atoms with E-state index in [-0.39, 0.29) is 5.82 Å². The number of hydrogen-bond donors (Lipinski definition) is 1. The Morgan fingerprint density at radius 2 is 2.05 bits per heavy atom. The highest BCUT2D eigenvalue weighted by Crippen LogP contribution is 2.34. The fourth-order valence-electron chi connectivity index (χ4n) is 2.98. The molecule has 1 aliphatic rings. The van der Waals surface area contributed by atoms with Gasteiger partial charge in [-0.05, 0) is 59.8 Å². The average Bonchev–Trinajstić information content (AvgIpc) is 2.81. The van der Waals surface area contributed by atoms with Crippen LogP contribution in [0.5, 0.6) is 0 Å². The van der Waals surface area contributed by atoms with Gasteiger partial charge in [-0.15, -0.1) is 0 Å². The molecule has 0 spiro atoms. The molecule has 1 unspecified atom stereocenters. The minimum absolute atomic E-state index is 0.293. The molecule has 0 saturated carbocycles. The summed E-state index contributed by atoms with van der Waals surface area (Å²) in [5, 5.41) is 3.93. The zero-order valence-corrected chi connectivity index (χ0v) is 12.2. The molecule has 3 rings (SSSR count). The first kappa shape index (κ1) is 13.6. The van der Waals surface area contributed by atoms with Gasteiger partial charge in [0.1, 0.15) is 5.82 Å². The van der Waals surface area contributed by atoms with Crippen molar-refractivity contribution in [2.24, 2.45) is 0 Å². The van der Waals surface area contributed by atoms with Crippen molar-refractivity contribution in [2.45, 2.75) is 25.8 Å². The first-order valence-corrected chi connectivity index (χ1v) is 7.38. The number of benzene rings is 2. The van der Waals surface area contributed by atoms with Gasteiger partial charge in [0.05, 0.1) is 0 Å². The molecule has 0 radical (unpaired) electrons. The summed E-state index contributed by atoms with van der Waals surface area (Å²) in [6.07, 6.45) is 2.21. The summed E-state index contributed by atoms with van der Waals surface area (Å²) in [4.78, 5) is 0. The third-order valence-corrected chi connectivity index (χ3v) is 4.09. The van der Waals surface area contributed by atoms with E-state index in [0.717, 1.165) is 30.5 Å². The molecule has 0 aliphatic heterocycles.